The smallest absolute Gasteiger partial charge is 0.269 e. The number of aliphatic hydroxyl groups is 1. The maximum atomic E-state index is 10.5. The van der Waals surface area contributed by atoms with E-state index in [0.29, 0.717) is 13.1 Å². The second-order valence-electron chi connectivity index (χ2n) is 4.80. The van der Waals surface area contributed by atoms with Crippen LogP contribution in [0.15, 0.2) is 54.6 Å². The van der Waals surface area contributed by atoms with Crippen LogP contribution in [0.5, 0.6) is 0 Å². The zero-order valence-electron chi connectivity index (χ0n) is 11.6. The highest BCUT2D eigenvalue weighted by molar-refractivity contribution is 5.32. The summed E-state index contributed by atoms with van der Waals surface area (Å²) in [6.45, 7) is 1.19. The summed E-state index contributed by atoms with van der Waals surface area (Å²) in [5, 5.41) is 23.7. The van der Waals surface area contributed by atoms with Gasteiger partial charge in [-0.05, 0) is 24.1 Å². The van der Waals surface area contributed by atoms with E-state index in [4.69, 9.17) is 0 Å². The van der Waals surface area contributed by atoms with Crippen LogP contribution in [0.4, 0.5) is 5.69 Å². The summed E-state index contributed by atoms with van der Waals surface area (Å²) in [5.74, 6) is 0. The van der Waals surface area contributed by atoms with E-state index < -0.39 is 11.0 Å². The molecule has 0 aromatic heterocycles. The Hall–Kier alpha value is -2.24. The van der Waals surface area contributed by atoms with Crippen LogP contribution < -0.4 is 5.32 Å². The minimum absolute atomic E-state index is 0.103. The largest absolute Gasteiger partial charge is 0.387 e. The van der Waals surface area contributed by atoms with E-state index in [-0.39, 0.29) is 5.69 Å². The Morgan fingerprint density at radius 1 is 1.10 bits per heavy atom. The lowest BCUT2D eigenvalue weighted by atomic mass is 10.1. The first kappa shape index (κ1) is 15.2. The van der Waals surface area contributed by atoms with Gasteiger partial charge in [0, 0.05) is 18.7 Å². The van der Waals surface area contributed by atoms with E-state index in [2.05, 4.69) is 5.32 Å². The summed E-state index contributed by atoms with van der Waals surface area (Å²) in [6.07, 6.45) is 0.238. The molecule has 0 aliphatic rings. The zero-order valence-corrected chi connectivity index (χ0v) is 11.6. The molecule has 21 heavy (non-hydrogen) atoms. The average molecular weight is 286 g/mol. The summed E-state index contributed by atoms with van der Waals surface area (Å²) < 4.78 is 0. The number of benzene rings is 2. The van der Waals surface area contributed by atoms with Gasteiger partial charge in [-0.3, -0.25) is 10.1 Å². The predicted octanol–water partition coefficient (Wildman–Crippen LogP) is 2.46. The highest BCUT2D eigenvalue weighted by Crippen LogP contribution is 2.12. The zero-order chi connectivity index (χ0) is 15.1. The van der Waals surface area contributed by atoms with E-state index in [1.54, 1.807) is 12.1 Å². The molecule has 2 aromatic rings. The van der Waals surface area contributed by atoms with Gasteiger partial charge in [0.25, 0.3) is 5.69 Å². The molecule has 0 aliphatic heterocycles. The molecule has 0 saturated heterocycles. The first-order valence-corrected chi connectivity index (χ1v) is 6.84. The van der Waals surface area contributed by atoms with Gasteiger partial charge in [0.1, 0.15) is 0 Å². The number of hydrogen-bond donors (Lipinski definition) is 2. The standard InChI is InChI=1S/C16H18N2O3/c19-16(14-4-2-1-3-5-14)12-17-11-10-13-6-8-15(9-7-13)18(20)21/h1-9,16-17,19H,10-12H2. The van der Waals surface area contributed by atoms with Gasteiger partial charge in [0.05, 0.1) is 11.0 Å². The van der Waals surface area contributed by atoms with Crippen LogP contribution in [-0.4, -0.2) is 23.1 Å². The number of hydrogen-bond acceptors (Lipinski definition) is 4. The average Bonchev–Trinajstić information content (AvgIpc) is 2.52. The second-order valence-corrected chi connectivity index (χ2v) is 4.80. The molecule has 0 aliphatic carbocycles. The molecule has 0 amide bonds. The van der Waals surface area contributed by atoms with Crippen LogP contribution in [0, 0.1) is 10.1 Å². The van der Waals surface area contributed by atoms with Crippen LogP contribution in [0.1, 0.15) is 17.2 Å². The number of nitrogens with one attached hydrogen (secondary N) is 1. The first-order valence-electron chi connectivity index (χ1n) is 6.84. The topological polar surface area (TPSA) is 75.4 Å². The molecule has 5 nitrogen and oxygen atoms in total. The molecule has 5 heteroatoms. The SMILES string of the molecule is O=[N+]([O-])c1ccc(CCNCC(O)c2ccccc2)cc1. The molecule has 2 rings (SSSR count). The Morgan fingerprint density at radius 3 is 2.38 bits per heavy atom. The maximum absolute atomic E-state index is 10.5. The highest BCUT2D eigenvalue weighted by atomic mass is 16.6. The van der Waals surface area contributed by atoms with Crippen LogP contribution in [0.3, 0.4) is 0 Å². The van der Waals surface area contributed by atoms with Crippen LogP contribution >= 0.6 is 0 Å². The summed E-state index contributed by atoms with van der Waals surface area (Å²) in [4.78, 5) is 10.1. The summed E-state index contributed by atoms with van der Waals surface area (Å²) in [7, 11) is 0. The van der Waals surface area contributed by atoms with Crippen LogP contribution in [0.25, 0.3) is 0 Å². The maximum Gasteiger partial charge on any atom is 0.269 e. The van der Waals surface area contributed by atoms with E-state index in [1.165, 1.54) is 12.1 Å². The molecule has 2 aromatic carbocycles. The lowest BCUT2D eigenvalue weighted by molar-refractivity contribution is -0.384. The molecule has 1 unspecified atom stereocenters. The Labute approximate surface area is 123 Å². The molecular formula is C16H18N2O3. The highest BCUT2D eigenvalue weighted by Gasteiger charge is 2.06. The van der Waals surface area contributed by atoms with Crippen LogP contribution in [0.2, 0.25) is 0 Å². The van der Waals surface area contributed by atoms with Gasteiger partial charge in [0.2, 0.25) is 0 Å². The van der Waals surface area contributed by atoms with Crippen molar-refractivity contribution in [3.8, 4) is 0 Å². The molecule has 0 bridgehead atoms. The van der Waals surface area contributed by atoms with Crippen molar-refractivity contribution < 1.29 is 10.0 Å². The number of aliphatic hydroxyl groups excluding tert-OH is 1. The Balaban J connectivity index is 1.73. The molecular weight excluding hydrogens is 268 g/mol. The van der Waals surface area contributed by atoms with Crippen molar-refractivity contribution in [3.63, 3.8) is 0 Å². The fourth-order valence-electron chi connectivity index (χ4n) is 2.05. The van der Waals surface area contributed by atoms with Gasteiger partial charge in [-0.2, -0.15) is 0 Å². The fourth-order valence-corrected chi connectivity index (χ4v) is 2.05. The van der Waals surface area contributed by atoms with E-state index in [0.717, 1.165) is 17.5 Å². The van der Waals surface area contributed by atoms with Gasteiger partial charge < -0.3 is 10.4 Å². The van der Waals surface area contributed by atoms with Crippen molar-refractivity contribution in [3.05, 3.63) is 75.8 Å². The van der Waals surface area contributed by atoms with Gasteiger partial charge in [0.15, 0.2) is 0 Å². The fraction of sp³-hybridized carbons (Fsp3) is 0.250. The molecule has 0 saturated carbocycles. The van der Waals surface area contributed by atoms with E-state index in [9.17, 15) is 15.2 Å². The Bertz CT molecular complexity index is 570. The molecule has 110 valence electrons. The molecule has 0 fully saturated rings. The monoisotopic (exact) mass is 286 g/mol. The van der Waals surface area contributed by atoms with Crippen LogP contribution in [-0.2, 0) is 6.42 Å². The Morgan fingerprint density at radius 2 is 1.76 bits per heavy atom. The second kappa shape index (κ2) is 7.52. The third kappa shape index (κ3) is 4.66. The van der Waals surface area contributed by atoms with E-state index >= 15 is 0 Å². The van der Waals surface area contributed by atoms with E-state index in [1.807, 2.05) is 30.3 Å². The van der Waals surface area contributed by atoms with Gasteiger partial charge >= 0.3 is 0 Å². The van der Waals surface area contributed by atoms with Crippen molar-refractivity contribution in [1.29, 1.82) is 0 Å². The summed E-state index contributed by atoms with van der Waals surface area (Å²) in [6, 6.07) is 16.0. The minimum Gasteiger partial charge on any atom is -0.387 e. The number of rotatable bonds is 7. The molecule has 2 N–H and O–H groups in total. The normalized spacial score (nSPS) is 12.0. The number of non-ortho nitro benzene ring substituents is 1. The van der Waals surface area contributed by atoms with Crippen molar-refractivity contribution in [2.45, 2.75) is 12.5 Å². The first-order chi connectivity index (χ1) is 10.2. The molecule has 1 atom stereocenters. The number of nitro benzene ring substituents is 1. The third-order valence-corrected chi connectivity index (χ3v) is 3.26. The van der Waals surface area contributed by atoms with Crippen molar-refractivity contribution >= 4 is 5.69 Å². The predicted molar refractivity (Wildman–Crippen MR) is 81.1 cm³/mol. The van der Waals surface area contributed by atoms with Gasteiger partial charge in [-0.15, -0.1) is 0 Å². The van der Waals surface area contributed by atoms with Gasteiger partial charge in [-0.1, -0.05) is 42.5 Å². The number of nitrogens with zero attached hydrogens (tertiary/aromatic N) is 1. The lowest BCUT2D eigenvalue weighted by Gasteiger charge is -2.12. The van der Waals surface area contributed by atoms with Crippen molar-refractivity contribution in [1.82, 2.24) is 5.32 Å². The third-order valence-electron chi connectivity index (χ3n) is 3.26. The molecule has 0 heterocycles. The molecule has 0 spiro atoms. The number of nitro groups is 1. The lowest BCUT2D eigenvalue weighted by Crippen LogP contribution is -2.23. The minimum atomic E-state index is -0.525. The van der Waals surface area contributed by atoms with Gasteiger partial charge in [-0.25, -0.2) is 0 Å². The van der Waals surface area contributed by atoms with Crippen molar-refractivity contribution in [2.24, 2.45) is 0 Å². The summed E-state index contributed by atoms with van der Waals surface area (Å²) >= 11 is 0. The summed E-state index contributed by atoms with van der Waals surface area (Å²) in [5.41, 5.74) is 2.02. The molecule has 0 radical (unpaired) electrons. The Kier molecular flexibility index (Phi) is 5.43. The van der Waals surface area contributed by atoms with Crippen molar-refractivity contribution in [2.75, 3.05) is 13.1 Å². The quantitative estimate of drug-likeness (QED) is 0.466.